The summed E-state index contributed by atoms with van der Waals surface area (Å²) in [6.45, 7) is 6.61. The van der Waals surface area contributed by atoms with E-state index in [0.29, 0.717) is 25.3 Å². The molecule has 0 atom stereocenters. The van der Waals surface area contributed by atoms with E-state index in [1.54, 1.807) is 55.3 Å². The van der Waals surface area contributed by atoms with Gasteiger partial charge in [-0.3, -0.25) is 0 Å². The Hall–Kier alpha value is -2.29. The zero-order valence-corrected chi connectivity index (χ0v) is 19.1. The van der Waals surface area contributed by atoms with Crippen molar-refractivity contribution in [1.29, 1.82) is 0 Å². The third-order valence-corrected chi connectivity index (χ3v) is 6.06. The Morgan fingerprint density at radius 3 is 2.40 bits per heavy atom. The van der Waals surface area contributed by atoms with Crippen LogP contribution in [0.25, 0.3) is 0 Å². The second kappa shape index (κ2) is 10.7. The van der Waals surface area contributed by atoms with Crippen LogP contribution >= 0.6 is 11.6 Å². The van der Waals surface area contributed by atoms with Crippen molar-refractivity contribution in [1.82, 2.24) is 10.2 Å². The molecule has 2 aromatic rings. The first kappa shape index (κ1) is 24.0. The monoisotopic (exact) mass is 454 g/mol. The van der Waals surface area contributed by atoms with Crippen LogP contribution in [-0.4, -0.2) is 45.7 Å². The number of halogens is 1. The van der Waals surface area contributed by atoms with Gasteiger partial charge in [0.15, 0.2) is 0 Å². The molecule has 0 unspecified atom stereocenters. The van der Waals surface area contributed by atoms with Crippen molar-refractivity contribution in [2.45, 2.75) is 38.3 Å². The maximum atomic E-state index is 12.6. The Labute approximate surface area is 183 Å². The predicted octanol–water partition coefficient (Wildman–Crippen LogP) is 3.98. The molecule has 2 rings (SSSR count). The van der Waals surface area contributed by atoms with E-state index in [-0.39, 0.29) is 27.7 Å². The molecule has 0 aromatic heterocycles. The summed E-state index contributed by atoms with van der Waals surface area (Å²) in [4.78, 5) is 14.0. The molecule has 0 saturated heterocycles. The van der Waals surface area contributed by atoms with Gasteiger partial charge < -0.3 is 19.1 Å². The number of hydrogen-bond donors (Lipinski definition) is 1. The largest absolute Gasteiger partial charge is 0.383 e. The molecule has 7 nitrogen and oxygen atoms in total. The highest BCUT2D eigenvalue weighted by Crippen LogP contribution is 2.28. The molecule has 2 aromatic carbocycles. The summed E-state index contributed by atoms with van der Waals surface area (Å²) in [7, 11) is -2.50. The molecule has 0 fully saturated rings. The maximum Gasteiger partial charge on any atom is 0.340 e. The van der Waals surface area contributed by atoms with E-state index in [1.165, 1.54) is 6.07 Å². The van der Waals surface area contributed by atoms with Gasteiger partial charge in [0.1, 0.15) is 10.6 Å². The van der Waals surface area contributed by atoms with Crippen LogP contribution < -0.4 is 9.50 Å². The van der Waals surface area contributed by atoms with Crippen molar-refractivity contribution in [3.8, 4) is 5.75 Å². The third-order valence-electron chi connectivity index (χ3n) is 4.18. The maximum absolute atomic E-state index is 12.6. The Morgan fingerprint density at radius 2 is 1.83 bits per heavy atom. The van der Waals surface area contributed by atoms with Crippen LogP contribution in [0.2, 0.25) is 5.02 Å². The van der Waals surface area contributed by atoms with E-state index in [9.17, 15) is 13.2 Å². The zero-order valence-electron chi connectivity index (χ0n) is 17.5. The van der Waals surface area contributed by atoms with Crippen LogP contribution in [0.5, 0.6) is 5.75 Å². The van der Waals surface area contributed by atoms with E-state index in [1.807, 2.05) is 13.8 Å². The van der Waals surface area contributed by atoms with Gasteiger partial charge in [0.2, 0.25) is 0 Å². The van der Waals surface area contributed by atoms with Gasteiger partial charge in [0, 0.05) is 26.2 Å². The lowest BCUT2D eigenvalue weighted by Crippen LogP contribution is -2.43. The number of rotatable bonds is 9. The third kappa shape index (κ3) is 6.62. The number of urea groups is 1. The van der Waals surface area contributed by atoms with Crippen LogP contribution in [0.15, 0.2) is 47.4 Å². The lowest BCUT2D eigenvalue weighted by atomic mass is 10.2. The molecular weight excluding hydrogens is 428 g/mol. The van der Waals surface area contributed by atoms with Crippen LogP contribution in [-0.2, 0) is 21.4 Å². The molecule has 0 heterocycles. The molecule has 0 saturated carbocycles. The number of nitrogens with one attached hydrogen (secondary N) is 1. The van der Waals surface area contributed by atoms with E-state index < -0.39 is 10.1 Å². The molecule has 0 radical (unpaired) electrons. The normalized spacial score (nSPS) is 11.4. The van der Waals surface area contributed by atoms with Crippen molar-refractivity contribution in [3.05, 3.63) is 58.6 Å². The van der Waals surface area contributed by atoms with Crippen molar-refractivity contribution >= 4 is 27.8 Å². The van der Waals surface area contributed by atoms with E-state index in [2.05, 4.69) is 5.32 Å². The summed E-state index contributed by atoms with van der Waals surface area (Å²) in [5.74, 6) is 0.160. The van der Waals surface area contributed by atoms with Crippen molar-refractivity contribution in [2.75, 3.05) is 20.3 Å². The van der Waals surface area contributed by atoms with E-state index in [0.717, 1.165) is 5.56 Å². The van der Waals surface area contributed by atoms with E-state index in [4.69, 9.17) is 20.5 Å². The topological polar surface area (TPSA) is 84.9 Å². The first-order chi connectivity index (χ1) is 14.1. The van der Waals surface area contributed by atoms with Crippen molar-refractivity contribution < 1.29 is 22.1 Å². The molecule has 0 spiro atoms. The quantitative estimate of drug-likeness (QED) is 0.579. The number of amides is 2. The summed E-state index contributed by atoms with van der Waals surface area (Å²) < 4.78 is 35.6. The molecule has 0 bridgehead atoms. The molecule has 0 aliphatic heterocycles. The number of ether oxygens (including phenoxy) is 1. The van der Waals surface area contributed by atoms with Crippen LogP contribution in [0, 0.1) is 6.92 Å². The predicted molar refractivity (Wildman–Crippen MR) is 116 cm³/mol. The molecule has 9 heteroatoms. The Kier molecular flexibility index (Phi) is 8.52. The van der Waals surface area contributed by atoms with Crippen LogP contribution in [0.4, 0.5) is 4.79 Å². The smallest absolute Gasteiger partial charge is 0.340 e. The minimum absolute atomic E-state index is 0.0109. The fraction of sp³-hybridized carbons (Fsp3) is 0.381. The minimum Gasteiger partial charge on any atom is -0.383 e. The molecule has 164 valence electrons. The van der Waals surface area contributed by atoms with E-state index >= 15 is 0 Å². The summed E-state index contributed by atoms with van der Waals surface area (Å²) in [6.07, 6.45) is 0. The van der Waals surface area contributed by atoms with Gasteiger partial charge in [-0.2, -0.15) is 8.42 Å². The van der Waals surface area contributed by atoms with Crippen molar-refractivity contribution in [2.24, 2.45) is 0 Å². The first-order valence-electron chi connectivity index (χ1n) is 9.47. The van der Waals surface area contributed by atoms with Gasteiger partial charge in [-0.1, -0.05) is 35.9 Å². The molecule has 2 amide bonds. The van der Waals surface area contributed by atoms with Gasteiger partial charge in [-0.05, 0) is 50.1 Å². The number of methoxy groups -OCH3 is 1. The SMILES string of the molecule is COCCN(Cc1ccc(OS(=O)(=O)c2c(C)cccc2Cl)cc1)C(=O)NC(C)C. The first-order valence-corrected chi connectivity index (χ1v) is 11.3. The average molecular weight is 455 g/mol. The van der Waals surface area contributed by atoms with Crippen LogP contribution in [0.3, 0.4) is 0 Å². The van der Waals surface area contributed by atoms with Gasteiger partial charge in [0.25, 0.3) is 0 Å². The Morgan fingerprint density at radius 1 is 1.17 bits per heavy atom. The Balaban J connectivity index is 2.14. The Bertz CT molecular complexity index is 942. The fourth-order valence-corrected chi connectivity index (χ4v) is 4.49. The fourth-order valence-electron chi connectivity index (χ4n) is 2.76. The van der Waals surface area contributed by atoms with Gasteiger partial charge in [0.05, 0.1) is 11.6 Å². The second-order valence-corrected chi connectivity index (χ2v) is 8.98. The summed E-state index contributed by atoms with van der Waals surface area (Å²) >= 11 is 6.06. The summed E-state index contributed by atoms with van der Waals surface area (Å²) in [5.41, 5.74) is 1.33. The minimum atomic E-state index is -4.07. The number of aryl methyl sites for hydroxylation is 1. The molecule has 0 aliphatic rings. The standard InChI is InChI=1S/C21H27ClN2O5S/c1-15(2)23-21(25)24(12-13-28-4)14-17-8-10-18(11-9-17)29-30(26,27)20-16(3)6-5-7-19(20)22/h5-11,15H,12-14H2,1-4H3,(H,23,25). The second-order valence-electron chi connectivity index (χ2n) is 7.09. The number of carbonyl (C=O) groups is 1. The van der Waals surface area contributed by atoms with Gasteiger partial charge in [-0.15, -0.1) is 0 Å². The lowest BCUT2D eigenvalue weighted by Gasteiger charge is -2.24. The van der Waals surface area contributed by atoms with Crippen molar-refractivity contribution in [3.63, 3.8) is 0 Å². The summed E-state index contributed by atoms with van der Waals surface area (Å²) in [5, 5.41) is 2.97. The molecular formula is C21H27ClN2O5S. The highest BCUT2D eigenvalue weighted by atomic mass is 35.5. The number of benzene rings is 2. The number of nitrogens with zero attached hydrogens (tertiary/aromatic N) is 1. The number of carbonyl (C=O) groups excluding carboxylic acids is 1. The molecule has 30 heavy (non-hydrogen) atoms. The molecule has 0 aliphatic carbocycles. The average Bonchev–Trinajstić information content (AvgIpc) is 2.65. The molecule has 1 N–H and O–H groups in total. The van der Waals surface area contributed by atoms with Crippen LogP contribution in [0.1, 0.15) is 25.0 Å². The highest BCUT2D eigenvalue weighted by molar-refractivity contribution is 7.87. The highest BCUT2D eigenvalue weighted by Gasteiger charge is 2.23. The lowest BCUT2D eigenvalue weighted by molar-refractivity contribution is 0.145. The zero-order chi connectivity index (χ0) is 22.3. The van der Waals surface area contributed by atoms with Gasteiger partial charge in [-0.25, -0.2) is 4.79 Å². The summed E-state index contributed by atoms with van der Waals surface area (Å²) in [6, 6.07) is 11.2. The number of hydrogen-bond acceptors (Lipinski definition) is 5. The van der Waals surface area contributed by atoms with Gasteiger partial charge >= 0.3 is 16.1 Å².